The number of benzene rings is 2. The minimum atomic E-state index is -3.83. The molecule has 0 saturated carbocycles. The van der Waals surface area contributed by atoms with Crippen molar-refractivity contribution in [3.8, 4) is 10.7 Å². The Balaban J connectivity index is 1.56. The van der Waals surface area contributed by atoms with E-state index in [0.29, 0.717) is 28.1 Å². The summed E-state index contributed by atoms with van der Waals surface area (Å²) < 4.78 is 33.2. The van der Waals surface area contributed by atoms with Crippen molar-refractivity contribution in [2.75, 3.05) is 4.72 Å². The van der Waals surface area contributed by atoms with Crippen molar-refractivity contribution < 1.29 is 17.9 Å². The Labute approximate surface area is 177 Å². The number of rotatable bonds is 6. The summed E-state index contributed by atoms with van der Waals surface area (Å²) in [4.78, 5) is 24.5. The highest BCUT2D eigenvalue weighted by Crippen LogP contribution is 2.26. The van der Waals surface area contributed by atoms with Crippen LogP contribution in [0.25, 0.3) is 21.7 Å². The van der Waals surface area contributed by atoms with Gasteiger partial charge in [0.1, 0.15) is 5.82 Å². The average molecular weight is 443 g/mol. The minimum Gasteiger partial charge on any atom is -0.459 e. The first kappa shape index (κ1) is 20.0. The molecule has 0 atom stereocenters. The number of thiazole rings is 1. The number of H-pyrrole nitrogens is 1. The first-order chi connectivity index (χ1) is 14.3. The molecular weight excluding hydrogens is 424 g/mol. The molecule has 0 unspecified atom stereocenters. The molecule has 154 valence electrons. The molecule has 0 spiro atoms. The van der Waals surface area contributed by atoms with Gasteiger partial charge in [0.25, 0.3) is 10.0 Å². The second kappa shape index (κ2) is 7.88. The molecule has 0 radical (unpaired) electrons. The zero-order chi connectivity index (χ0) is 21.3. The first-order valence-electron chi connectivity index (χ1n) is 9.04. The third-order valence-electron chi connectivity index (χ3n) is 4.14. The predicted octanol–water partition coefficient (Wildman–Crippen LogP) is 4.05. The van der Waals surface area contributed by atoms with Crippen molar-refractivity contribution in [2.24, 2.45) is 0 Å². The van der Waals surface area contributed by atoms with Gasteiger partial charge in [-0.05, 0) is 56.3 Å². The maximum Gasteiger partial charge on any atom is 0.338 e. The van der Waals surface area contributed by atoms with Gasteiger partial charge in [-0.2, -0.15) is 0 Å². The fourth-order valence-electron chi connectivity index (χ4n) is 2.78. The Morgan fingerprint density at radius 2 is 1.93 bits per heavy atom. The number of hydrogen-bond donors (Lipinski definition) is 2. The van der Waals surface area contributed by atoms with E-state index < -0.39 is 16.0 Å². The van der Waals surface area contributed by atoms with Gasteiger partial charge in [-0.1, -0.05) is 0 Å². The molecule has 0 bridgehead atoms. The molecule has 4 aromatic rings. The number of aromatic amines is 1. The van der Waals surface area contributed by atoms with Gasteiger partial charge in [-0.15, -0.1) is 11.3 Å². The maximum atomic E-state index is 12.8. The molecule has 2 aromatic carbocycles. The van der Waals surface area contributed by atoms with Gasteiger partial charge in [0.05, 0.1) is 38.0 Å². The normalized spacial score (nSPS) is 11.7. The lowest BCUT2D eigenvalue weighted by atomic mass is 10.2. The van der Waals surface area contributed by atoms with Crippen LogP contribution >= 0.6 is 11.3 Å². The van der Waals surface area contributed by atoms with Crippen LogP contribution in [-0.2, 0) is 14.8 Å². The number of hydrogen-bond acceptors (Lipinski definition) is 7. The van der Waals surface area contributed by atoms with Crippen LogP contribution in [0.4, 0.5) is 5.69 Å². The number of carbonyl (C=O) groups is 1. The summed E-state index contributed by atoms with van der Waals surface area (Å²) in [6.07, 6.45) is 1.46. The number of sulfonamides is 1. The molecule has 4 rings (SSSR count). The molecule has 0 amide bonds. The summed E-state index contributed by atoms with van der Waals surface area (Å²) in [6, 6.07) is 10.7. The van der Waals surface area contributed by atoms with E-state index in [1.165, 1.54) is 47.7 Å². The number of nitrogens with one attached hydrogen (secondary N) is 2. The number of nitrogens with zero attached hydrogens (tertiary/aromatic N) is 2. The van der Waals surface area contributed by atoms with E-state index >= 15 is 0 Å². The number of esters is 1. The van der Waals surface area contributed by atoms with Gasteiger partial charge in [0, 0.05) is 11.9 Å². The van der Waals surface area contributed by atoms with Gasteiger partial charge in [-0.25, -0.2) is 18.2 Å². The summed E-state index contributed by atoms with van der Waals surface area (Å²) in [7, 11) is -3.83. The monoisotopic (exact) mass is 442 g/mol. The van der Waals surface area contributed by atoms with Gasteiger partial charge in [0.2, 0.25) is 0 Å². The van der Waals surface area contributed by atoms with Crippen LogP contribution in [0.2, 0.25) is 0 Å². The molecule has 8 nitrogen and oxygen atoms in total. The number of imidazole rings is 1. The Kier molecular flexibility index (Phi) is 5.27. The van der Waals surface area contributed by atoms with Gasteiger partial charge < -0.3 is 9.72 Å². The van der Waals surface area contributed by atoms with E-state index in [0.717, 1.165) is 4.88 Å². The molecule has 0 aliphatic heterocycles. The van der Waals surface area contributed by atoms with E-state index in [2.05, 4.69) is 19.7 Å². The SMILES string of the molecule is CC(C)OC(=O)c1ccc(NS(=O)(=O)c2ccc3nc(-c4cncs4)[nH]c3c2)cc1. The number of ether oxygens (including phenoxy) is 1. The van der Waals surface area contributed by atoms with Crippen molar-refractivity contribution in [3.05, 3.63) is 59.7 Å². The Bertz CT molecular complexity index is 1290. The standard InChI is InChI=1S/C20H18N4O4S2/c1-12(2)28-20(25)13-3-5-14(6-4-13)24-30(26,27)15-7-8-16-17(9-15)23-19(22-16)18-10-21-11-29-18/h3-12,24H,1-2H3,(H,22,23). The summed E-state index contributed by atoms with van der Waals surface area (Å²) in [5.74, 6) is 0.180. The Morgan fingerprint density at radius 3 is 2.60 bits per heavy atom. The predicted molar refractivity (Wildman–Crippen MR) is 115 cm³/mol. The van der Waals surface area contributed by atoms with Crippen LogP contribution in [0.3, 0.4) is 0 Å². The van der Waals surface area contributed by atoms with Crippen LogP contribution in [0.5, 0.6) is 0 Å². The van der Waals surface area contributed by atoms with Crippen molar-refractivity contribution in [1.82, 2.24) is 15.0 Å². The minimum absolute atomic E-state index is 0.0952. The molecule has 0 aliphatic carbocycles. The lowest BCUT2D eigenvalue weighted by Gasteiger charge is -2.10. The summed E-state index contributed by atoms with van der Waals surface area (Å²) in [5, 5.41) is 0. The van der Waals surface area contributed by atoms with Crippen molar-refractivity contribution >= 4 is 44.1 Å². The Hall–Kier alpha value is -3.24. The second-order valence-electron chi connectivity index (χ2n) is 6.77. The maximum absolute atomic E-state index is 12.8. The number of aromatic nitrogens is 3. The summed E-state index contributed by atoms with van der Waals surface area (Å²) >= 11 is 1.44. The molecule has 10 heteroatoms. The first-order valence-corrected chi connectivity index (χ1v) is 11.4. The van der Waals surface area contributed by atoms with Crippen LogP contribution in [0, 0.1) is 0 Å². The highest BCUT2D eigenvalue weighted by atomic mass is 32.2. The quantitative estimate of drug-likeness (QED) is 0.436. The molecule has 0 aliphatic rings. The van der Waals surface area contributed by atoms with E-state index in [-0.39, 0.29) is 11.0 Å². The van der Waals surface area contributed by atoms with Gasteiger partial charge in [-0.3, -0.25) is 9.71 Å². The fourth-order valence-corrected chi connectivity index (χ4v) is 4.43. The molecule has 2 N–H and O–H groups in total. The van der Waals surface area contributed by atoms with E-state index in [1.54, 1.807) is 31.6 Å². The lowest BCUT2D eigenvalue weighted by Crippen LogP contribution is -2.14. The third kappa shape index (κ3) is 4.19. The van der Waals surface area contributed by atoms with E-state index in [9.17, 15) is 13.2 Å². The summed E-state index contributed by atoms with van der Waals surface area (Å²) in [6.45, 7) is 3.52. The number of anilines is 1. The topological polar surface area (TPSA) is 114 Å². The van der Waals surface area contributed by atoms with Crippen LogP contribution < -0.4 is 4.72 Å². The van der Waals surface area contributed by atoms with Crippen molar-refractivity contribution in [1.29, 1.82) is 0 Å². The van der Waals surface area contributed by atoms with E-state index in [4.69, 9.17) is 4.74 Å². The van der Waals surface area contributed by atoms with Gasteiger partial charge >= 0.3 is 5.97 Å². The highest BCUT2D eigenvalue weighted by molar-refractivity contribution is 7.92. The number of carbonyl (C=O) groups excluding carboxylic acids is 1. The molecule has 0 fully saturated rings. The van der Waals surface area contributed by atoms with Crippen molar-refractivity contribution in [3.63, 3.8) is 0 Å². The lowest BCUT2D eigenvalue weighted by molar-refractivity contribution is 0.0378. The van der Waals surface area contributed by atoms with Gasteiger partial charge in [0.15, 0.2) is 0 Å². The van der Waals surface area contributed by atoms with Crippen LogP contribution in [-0.4, -0.2) is 35.4 Å². The van der Waals surface area contributed by atoms with Crippen molar-refractivity contribution in [2.45, 2.75) is 24.8 Å². The molecule has 30 heavy (non-hydrogen) atoms. The zero-order valence-electron chi connectivity index (χ0n) is 16.1. The molecule has 2 heterocycles. The highest BCUT2D eigenvalue weighted by Gasteiger charge is 2.17. The van der Waals surface area contributed by atoms with Crippen LogP contribution in [0.15, 0.2) is 59.1 Å². The fraction of sp³-hybridized carbons (Fsp3) is 0.150. The smallest absolute Gasteiger partial charge is 0.338 e. The van der Waals surface area contributed by atoms with E-state index in [1.807, 2.05) is 0 Å². The third-order valence-corrected chi connectivity index (χ3v) is 6.30. The second-order valence-corrected chi connectivity index (χ2v) is 9.34. The molecule has 0 saturated heterocycles. The van der Waals surface area contributed by atoms with Crippen LogP contribution in [0.1, 0.15) is 24.2 Å². The Morgan fingerprint density at radius 1 is 1.17 bits per heavy atom. The number of fused-ring (bicyclic) bond motifs is 1. The average Bonchev–Trinajstić information content (AvgIpc) is 3.36. The molecule has 2 aromatic heterocycles. The summed E-state index contributed by atoms with van der Waals surface area (Å²) in [5.41, 5.74) is 3.65. The molecular formula is C20H18N4O4S2. The largest absolute Gasteiger partial charge is 0.459 e. The zero-order valence-corrected chi connectivity index (χ0v) is 17.8.